The highest BCUT2D eigenvalue weighted by Crippen LogP contribution is 2.73. The normalized spacial score (nSPS) is 24.0. The molecule has 2 aromatic rings. The molecule has 0 radical (unpaired) electrons. The third-order valence-corrected chi connectivity index (χ3v) is 8.81. The number of rotatable bonds is 8. The number of carbonyl (C=O) groups excluding carboxylic acids is 2. The molecule has 4 aliphatic rings. The number of amides is 2. The number of ether oxygens (including phenoxy) is 1. The van der Waals surface area contributed by atoms with Crippen molar-refractivity contribution in [1.82, 2.24) is 10.6 Å². The molecule has 3 saturated carbocycles. The number of hydrogen-bond donors (Lipinski definition) is 3. The summed E-state index contributed by atoms with van der Waals surface area (Å²) in [6.45, 7) is 0.306. The summed E-state index contributed by atoms with van der Waals surface area (Å²) in [6.07, 6.45) is 4.61. The summed E-state index contributed by atoms with van der Waals surface area (Å²) >= 11 is 0. The number of carboxylic acids is 1. The van der Waals surface area contributed by atoms with Gasteiger partial charge in [0.15, 0.2) is 0 Å². The number of aliphatic carboxylic acids is 1. The highest BCUT2D eigenvalue weighted by Gasteiger charge is 2.73. The third kappa shape index (κ3) is 3.60. The maximum Gasteiger partial charge on any atom is 0.407 e. The molecule has 4 aliphatic carbocycles. The highest BCUT2D eigenvalue weighted by molar-refractivity contribution is 5.88. The van der Waals surface area contributed by atoms with Crippen LogP contribution in [0.5, 0.6) is 0 Å². The Bertz CT molecular complexity index is 1160. The van der Waals surface area contributed by atoms with Crippen LogP contribution < -0.4 is 10.6 Å². The minimum atomic E-state index is -0.848. The molecule has 0 aliphatic heterocycles. The fraction of sp³-hybridized carbons (Fsp3) is 0.464. The average molecular weight is 475 g/mol. The van der Waals surface area contributed by atoms with Crippen LogP contribution in [0, 0.1) is 16.7 Å². The summed E-state index contributed by atoms with van der Waals surface area (Å²) in [5.74, 6) is -1.13. The first-order chi connectivity index (χ1) is 16.9. The zero-order chi connectivity index (χ0) is 24.2. The molecule has 2 unspecified atom stereocenters. The van der Waals surface area contributed by atoms with Crippen LogP contribution in [0.4, 0.5) is 4.79 Å². The van der Waals surface area contributed by atoms with Crippen LogP contribution in [0.15, 0.2) is 48.5 Å². The maximum absolute atomic E-state index is 13.0. The van der Waals surface area contributed by atoms with E-state index in [9.17, 15) is 19.5 Å². The van der Waals surface area contributed by atoms with Crippen molar-refractivity contribution in [3.05, 3.63) is 59.7 Å². The molecule has 35 heavy (non-hydrogen) atoms. The first kappa shape index (κ1) is 22.1. The van der Waals surface area contributed by atoms with Crippen molar-refractivity contribution in [3.63, 3.8) is 0 Å². The van der Waals surface area contributed by atoms with Gasteiger partial charge in [0.1, 0.15) is 12.6 Å². The van der Waals surface area contributed by atoms with Gasteiger partial charge in [-0.25, -0.2) is 4.79 Å². The fourth-order valence-corrected chi connectivity index (χ4v) is 6.36. The molecule has 6 rings (SSSR count). The Kier molecular flexibility index (Phi) is 5.13. The summed E-state index contributed by atoms with van der Waals surface area (Å²) < 4.78 is 5.63. The standard InChI is InChI=1S/C28H30N2O5/c31-24(29-16-28(25(32)33)15-27(28)12-5-13-27)23(17-10-11-17)30-26(34)35-14-22-20-8-3-1-6-18(20)19-7-2-4-9-21(19)22/h1-4,6-9,17,22-23H,5,10-16H2,(H,29,31)(H,30,34)(H,32,33). The Hall–Kier alpha value is -3.35. The van der Waals surface area contributed by atoms with Gasteiger partial charge in [0.05, 0.1) is 5.41 Å². The zero-order valence-electron chi connectivity index (χ0n) is 19.6. The summed E-state index contributed by atoms with van der Waals surface area (Å²) in [5.41, 5.74) is 3.59. The van der Waals surface area contributed by atoms with Gasteiger partial charge in [-0.1, -0.05) is 55.0 Å². The summed E-state index contributed by atoms with van der Waals surface area (Å²) in [7, 11) is 0. The van der Waals surface area contributed by atoms with E-state index in [1.165, 1.54) is 0 Å². The van der Waals surface area contributed by atoms with Gasteiger partial charge in [-0.15, -0.1) is 0 Å². The van der Waals surface area contributed by atoms with Crippen LogP contribution in [0.2, 0.25) is 0 Å². The van der Waals surface area contributed by atoms with Crippen molar-refractivity contribution < 1.29 is 24.2 Å². The lowest BCUT2D eigenvalue weighted by Gasteiger charge is -2.31. The van der Waals surface area contributed by atoms with E-state index in [1.54, 1.807) is 0 Å². The number of alkyl carbamates (subject to hydrolysis) is 1. The molecule has 2 aromatic carbocycles. The molecule has 7 nitrogen and oxygen atoms in total. The van der Waals surface area contributed by atoms with E-state index in [1.807, 2.05) is 24.3 Å². The van der Waals surface area contributed by atoms with E-state index in [0.29, 0.717) is 6.42 Å². The van der Waals surface area contributed by atoms with Gasteiger partial charge in [-0.05, 0) is 65.7 Å². The summed E-state index contributed by atoms with van der Waals surface area (Å²) in [4.78, 5) is 37.7. The van der Waals surface area contributed by atoms with E-state index in [4.69, 9.17) is 4.74 Å². The van der Waals surface area contributed by atoms with Crippen molar-refractivity contribution in [2.75, 3.05) is 13.2 Å². The van der Waals surface area contributed by atoms with Crippen molar-refractivity contribution in [1.29, 1.82) is 0 Å². The van der Waals surface area contributed by atoms with E-state index < -0.39 is 23.5 Å². The molecule has 0 heterocycles. The summed E-state index contributed by atoms with van der Waals surface area (Å²) in [6, 6.07) is 15.6. The predicted molar refractivity (Wildman–Crippen MR) is 129 cm³/mol. The molecule has 2 amide bonds. The fourth-order valence-electron chi connectivity index (χ4n) is 6.36. The minimum Gasteiger partial charge on any atom is -0.481 e. The molecule has 3 fully saturated rings. The lowest BCUT2D eigenvalue weighted by Crippen LogP contribution is -2.50. The van der Waals surface area contributed by atoms with E-state index in [0.717, 1.165) is 54.4 Å². The Morgan fingerprint density at radius 1 is 1.00 bits per heavy atom. The van der Waals surface area contributed by atoms with Crippen molar-refractivity contribution in [2.24, 2.45) is 16.7 Å². The Morgan fingerprint density at radius 3 is 2.14 bits per heavy atom. The highest BCUT2D eigenvalue weighted by atomic mass is 16.5. The van der Waals surface area contributed by atoms with Crippen LogP contribution in [0.1, 0.15) is 55.6 Å². The van der Waals surface area contributed by atoms with Crippen molar-refractivity contribution >= 4 is 18.0 Å². The number of carboxylic acid groups (broad SMARTS) is 1. The Balaban J connectivity index is 1.08. The minimum absolute atomic E-state index is 0.0506. The molecular formula is C28H30N2O5. The van der Waals surface area contributed by atoms with Crippen LogP contribution in [0.3, 0.4) is 0 Å². The van der Waals surface area contributed by atoms with Crippen LogP contribution in [-0.4, -0.2) is 42.3 Å². The molecule has 182 valence electrons. The van der Waals surface area contributed by atoms with Gasteiger partial charge in [-0.2, -0.15) is 0 Å². The number of nitrogens with one attached hydrogen (secondary N) is 2. The van der Waals surface area contributed by atoms with E-state index >= 15 is 0 Å². The predicted octanol–water partition coefficient (Wildman–Crippen LogP) is 4.06. The third-order valence-electron chi connectivity index (χ3n) is 8.81. The largest absolute Gasteiger partial charge is 0.481 e. The molecule has 0 saturated heterocycles. The smallest absolute Gasteiger partial charge is 0.407 e. The zero-order valence-corrected chi connectivity index (χ0v) is 19.6. The molecule has 0 bridgehead atoms. The maximum atomic E-state index is 13.0. The molecule has 0 aromatic heterocycles. The quantitative estimate of drug-likeness (QED) is 0.535. The second kappa shape index (κ2) is 8.11. The molecule has 1 spiro atoms. The lowest BCUT2D eigenvalue weighted by molar-refractivity contribution is -0.146. The second-order valence-corrected chi connectivity index (χ2v) is 10.7. The molecular weight excluding hydrogens is 444 g/mol. The van der Waals surface area contributed by atoms with Gasteiger partial charge >= 0.3 is 12.1 Å². The number of benzene rings is 2. The lowest BCUT2D eigenvalue weighted by atomic mass is 9.75. The number of fused-ring (bicyclic) bond motifs is 3. The van der Waals surface area contributed by atoms with Gasteiger partial charge in [0, 0.05) is 12.5 Å². The topological polar surface area (TPSA) is 105 Å². The van der Waals surface area contributed by atoms with Crippen LogP contribution in [0.25, 0.3) is 11.1 Å². The van der Waals surface area contributed by atoms with E-state index in [-0.39, 0.29) is 36.3 Å². The average Bonchev–Trinajstić information content (AvgIpc) is 3.75. The first-order valence-corrected chi connectivity index (χ1v) is 12.6. The molecule has 3 N–H and O–H groups in total. The van der Waals surface area contributed by atoms with E-state index in [2.05, 4.69) is 34.9 Å². The number of hydrogen-bond acceptors (Lipinski definition) is 4. The first-order valence-electron chi connectivity index (χ1n) is 12.6. The number of carbonyl (C=O) groups is 3. The van der Waals surface area contributed by atoms with Crippen molar-refractivity contribution in [2.45, 2.75) is 50.5 Å². The molecule has 7 heteroatoms. The summed E-state index contributed by atoms with van der Waals surface area (Å²) in [5, 5.41) is 15.4. The van der Waals surface area contributed by atoms with Crippen molar-refractivity contribution in [3.8, 4) is 11.1 Å². The van der Waals surface area contributed by atoms with Gasteiger partial charge < -0.3 is 20.5 Å². The monoisotopic (exact) mass is 474 g/mol. The molecule has 2 atom stereocenters. The van der Waals surface area contributed by atoms with Gasteiger partial charge in [0.2, 0.25) is 5.91 Å². The second-order valence-electron chi connectivity index (χ2n) is 10.7. The SMILES string of the molecule is O=C(NC(C(=O)NCC1(C(=O)O)CC12CCC2)C1CC1)OCC1c2ccccc2-c2ccccc21. The van der Waals surface area contributed by atoms with Crippen LogP contribution >= 0.6 is 0 Å². The Labute approximate surface area is 204 Å². The van der Waals surface area contributed by atoms with Gasteiger partial charge in [0.25, 0.3) is 0 Å². The van der Waals surface area contributed by atoms with Crippen LogP contribution in [-0.2, 0) is 14.3 Å². The van der Waals surface area contributed by atoms with Gasteiger partial charge in [-0.3, -0.25) is 9.59 Å². The Morgan fingerprint density at radius 2 is 1.63 bits per heavy atom.